The second-order valence-electron chi connectivity index (χ2n) is 9.67. The minimum atomic E-state index is -0.848. The number of nitrogens with zero attached hydrogens (tertiary/aromatic N) is 3. The quantitative estimate of drug-likeness (QED) is 0.613. The predicted octanol–water partition coefficient (Wildman–Crippen LogP) is 5.18. The van der Waals surface area contributed by atoms with Gasteiger partial charge in [0.2, 0.25) is 0 Å². The maximum absolute atomic E-state index is 13.0. The molecule has 2 heterocycles. The number of hydrogen-bond donors (Lipinski definition) is 2. The number of rotatable bonds is 5. The Balaban J connectivity index is 1.74. The Labute approximate surface area is 205 Å². The molecule has 7 nitrogen and oxygen atoms in total. The van der Waals surface area contributed by atoms with Crippen LogP contribution in [-0.2, 0) is 10.4 Å². The van der Waals surface area contributed by atoms with Crippen LogP contribution in [0.25, 0.3) is 0 Å². The van der Waals surface area contributed by atoms with Crippen molar-refractivity contribution >= 4 is 34.7 Å². The molecule has 2 aromatic rings. The van der Waals surface area contributed by atoms with Crippen LogP contribution in [-0.4, -0.2) is 35.7 Å². The smallest absolute Gasteiger partial charge is 0.274 e. The highest BCUT2D eigenvalue weighted by Gasteiger charge is 2.54. The number of pyridine rings is 1. The number of amides is 1. The summed E-state index contributed by atoms with van der Waals surface area (Å²) in [7, 11) is 1.77. The number of aromatic nitrogens is 1. The summed E-state index contributed by atoms with van der Waals surface area (Å²) < 4.78 is 5.62. The molecule has 0 radical (unpaired) electrons. The number of methoxy groups -OCH3 is 1. The Morgan fingerprint density at radius 2 is 1.85 bits per heavy atom. The van der Waals surface area contributed by atoms with Gasteiger partial charge in [-0.15, -0.1) is 0 Å². The zero-order valence-corrected chi connectivity index (χ0v) is 21.2. The van der Waals surface area contributed by atoms with E-state index in [9.17, 15) is 4.79 Å². The Bertz CT molecular complexity index is 1160. The third kappa shape index (κ3) is 4.23. The van der Waals surface area contributed by atoms with Crippen LogP contribution in [0.15, 0.2) is 40.4 Å². The fourth-order valence-corrected chi connectivity index (χ4v) is 5.36. The lowest BCUT2D eigenvalue weighted by atomic mass is 9.64. The number of hydrogen-bond acceptors (Lipinski definition) is 6. The predicted molar refractivity (Wildman–Crippen MR) is 137 cm³/mol. The zero-order valence-electron chi connectivity index (χ0n) is 20.4. The van der Waals surface area contributed by atoms with E-state index in [0.29, 0.717) is 27.8 Å². The zero-order chi connectivity index (χ0) is 24.7. The van der Waals surface area contributed by atoms with E-state index < -0.39 is 5.66 Å². The molecule has 1 fully saturated rings. The number of carbonyl (C=O) groups excluding carboxylic acids is 1. The van der Waals surface area contributed by atoms with E-state index in [1.165, 1.54) is 6.20 Å². The molecule has 1 saturated carbocycles. The molecular formula is C26H32ClN5O2. The number of amidine groups is 1. The molecule has 8 heteroatoms. The average molecular weight is 482 g/mol. The van der Waals surface area contributed by atoms with Gasteiger partial charge in [0, 0.05) is 30.0 Å². The van der Waals surface area contributed by atoms with Crippen LogP contribution < -0.4 is 11.1 Å². The van der Waals surface area contributed by atoms with E-state index in [2.05, 4.69) is 17.2 Å². The molecule has 2 aliphatic rings. The van der Waals surface area contributed by atoms with Crippen molar-refractivity contribution in [2.45, 2.75) is 65.1 Å². The van der Waals surface area contributed by atoms with Crippen molar-refractivity contribution in [1.82, 2.24) is 4.98 Å². The summed E-state index contributed by atoms with van der Waals surface area (Å²) in [5.74, 6) is 0.170. The molecule has 1 aliphatic heterocycles. The number of aliphatic imine (C=N–C) groups is 2. The maximum atomic E-state index is 13.0. The van der Waals surface area contributed by atoms with Crippen molar-refractivity contribution in [3.8, 4) is 0 Å². The lowest BCUT2D eigenvalue weighted by molar-refractivity contribution is 0.00120. The number of ether oxygens (including phenoxy) is 1. The monoisotopic (exact) mass is 481 g/mol. The second kappa shape index (κ2) is 9.12. The first-order valence-electron chi connectivity index (χ1n) is 11.6. The summed E-state index contributed by atoms with van der Waals surface area (Å²) in [6.45, 7) is 8.00. The van der Waals surface area contributed by atoms with E-state index in [-0.39, 0.29) is 17.4 Å². The molecule has 180 valence electrons. The van der Waals surface area contributed by atoms with Gasteiger partial charge in [-0.05, 0) is 75.8 Å². The van der Waals surface area contributed by atoms with Crippen molar-refractivity contribution < 1.29 is 9.53 Å². The molecule has 0 bridgehead atoms. The highest BCUT2D eigenvalue weighted by atomic mass is 35.5. The first-order valence-corrected chi connectivity index (χ1v) is 12.0. The molecule has 1 amide bonds. The number of nitrogens with one attached hydrogen (secondary N) is 1. The van der Waals surface area contributed by atoms with Crippen molar-refractivity contribution in [2.24, 2.45) is 21.1 Å². The van der Waals surface area contributed by atoms with Gasteiger partial charge >= 0.3 is 0 Å². The number of anilines is 1. The van der Waals surface area contributed by atoms with Crippen molar-refractivity contribution in [3.05, 3.63) is 57.9 Å². The van der Waals surface area contributed by atoms with Crippen LogP contribution in [0.2, 0.25) is 5.02 Å². The summed E-state index contributed by atoms with van der Waals surface area (Å²) in [5.41, 5.74) is 9.64. The third-order valence-electron chi connectivity index (χ3n) is 7.32. The highest BCUT2D eigenvalue weighted by molar-refractivity contribution is 6.41. The van der Waals surface area contributed by atoms with Crippen LogP contribution in [0, 0.1) is 19.3 Å². The Kier molecular flexibility index (Phi) is 6.53. The maximum Gasteiger partial charge on any atom is 0.274 e. The van der Waals surface area contributed by atoms with Gasteiger partial charge in [-0.25, -0.2) is 9.98 Å². The molecule has 1 unspecified atom stereocenters. The van der Waals surface area contributed by atoms with Gasteiger partial charge in [0.1, 0.15) is 11.5 Å². The van der Waals surface area contributed by atoms with Crippen LogP contribution in [0.1, 0.15) is 66.7 Å². The highest BCUT2D eigenvalue weighted by Crippen LogP contribution is 2.55. The summed E-state index contributed by atoms with van der Waals surface area (Å²) in [6.07, 6.45) is 5.42. The van der Waals surface area contributed by atoms with E-state index in [0.717, 1.165) is 42.5 Å². The van der Waals surface area contributed by atoms with Crippen molar-refractivity contribution in [2.75, 3.05) is 12.4 Å². The third-order valence-corrected chi connectivity index (χ3v) is 7.53. The normalized spacial score (nSPS) is 26.7. The number of halogens is 1. The van der Waals surface area contributed by atoms with E-state index in [1.807, 2.05) is 39.0 Å². The topological polar surface area (TPSA) is 102 Å². The van der Waals surface area contributed by atoms with Crippen LogP contribution in [0.3, 0.4) is 0 Å². The van der Waals surface area contributed by atoms with Crippen molar-refractivity contribution in [1.29, 1.82) is 0 Å². The van der Waals surface area contributed by atoms with Gasteiger partial charge in [-0.2, -0.15) is 0 Å². The summed E-state index contributed by atoms with van der Waals surface area (Å²) in [4.78, 5) is 27.3. The second-order valence-corrected chi connectivity index (χ2v) is 10.1. The van der Waals surface area contributed by atoms with E-state index in [1.54, 1.807) is 13.2 Å². The number of carbonyl (C=O) groups is 1. The Hall–Kier alpha value is -2.77. The number of benzene rings is 1. The molecule has 3 N–H and O–H groups in total. The van der Waals surface area contributed by atoms with Crippen LogP contribution in [0.5, 0.6) is 0 Å². The molecule has 34 heavy (non-hydrogen) atoms. The molecule has 0 spiro atoms. The van der Waals surface area contributed by atoms with Gasteiger partial charge < -0.3 is 15.8 Å². The number of aryl methyl sites for hydroxylation is 2. The minimum Gasteiger partial charge on any atom is -0.382 e. The fourth-order valence-electron chi connectivity index (χ4n) is 5.15. The SMILES string of the molecule is COC1CCC(C)(C2(c3cc(NC(=O)c4ncc(Cl)cc4C)ccc3C)N=C(C)C(N)=N2)CC1. The standard InChI is InChI=1S/C26H32ClN5O2/c1-15-6-7-19(30-24(33)22-16(2)12-18(27)14-29-22)13-21(15)26(31-17(3)23(28)32-26)25(4)10-8-20(34-5)9-11-25/h6-7,12-14,20H,8-11H2,1-5H3,(H2,28,32)(H,30,33). The molecule has 1 aromatic heterocycles. The molecule has 4 rings (SSSR count). The minimum absolute atomic E-state index is 0.244. The Morgan fingerprint density at radius 3 is 2.44 bits per heavy atom. The number of nitrogens with two attached hydrogens (primary N) is 1. The first kappa shape index (κ1) is 24.4. The van der Waals surface area contributed by atoms with E-state index in [4.69, 9.17) is 32.1 Å². The van der Waals surface area contributed by atoms with E-state index >= 15 is 0 Å². The summed E-state index contributed by atoms with van der Waals surface area (Å²) in [6, 6.07) is 7.58. The van der Waals surface area contributed by atoms with Crippen LogP contribution in [0.4, 0.5) is 5.69 Å². The summed E-state index contributed by atoms with van der Waals surface area (Å²) in [5, 5.41) is 3.48. The van der Waals surface area contributed by atoms with Crippen molar-refractivity contribution in [3.63, 3.8) is 0 Å². The van der Waals surface area contributed by atoms with Gasteiger partial charge in [-0.1, -0.05) is 24.6 Å². The summed E-state index contributed by atoms with van der Waals surface area (Å²) >= 11 is 6.00. The van der Waals surface area contributed by atoms with Gasteiger partial charge in [0.05, 0.1) is 16.8 Å². The first-order chi connectivity index (χ1) is 16.1. The van der Waals surface area contributed by atoms with Gasteiger partial charge in [-0.3, -0.25) is 9.79 Å². The Morgan fingerprint density at radius 1 is 1.15 bits per heavy atom. The van der Waals surface area contributed by atoms with Gasteiger partial charge in [0.15, 0.2) is 5.66 Å². The molecule has 1 aromatic carbocycles. The largest absolute Gasteiger partial charge is 0.382 e. The molecule has 1 aliphatic carbocycles. The molecule has 0 saturated heterocycles. The van der Waals surface area contributed by atoms with Gasteiger partial charge in [0.25, 0.3) is 5.91 Å². The van der Waals surface area contributed by atoms with Crippen LogP contribution >= 0.6 is 11.6 Å². The fraction of sp³-hybridized carbons (Fsp3) is 0.462. The average Bonchev–Trinajstić information content (AvgIpc) is 3.11. The molecular weight excluding hydrogens is 450 g/mol. The lowest BCUT2D eigenvalue weighted by Crippen LogP contribution is -2.44. The lowest BCUT2D eigenvalue weighted by Gasteiger charge is -2.47. The molecule has 1 atom stereocenters.